The van der Waals surface area contributed by atoms with Crippen LogP contribution in [0.4, 0.5) is 5.69 Å². The zero-order valence-electron chi connectivity index (χ0n) is 15.6. The van der Waals surface area contributed by atoms with E-state index in [-0.39, 0.29) is 19.6 Å². The highest BCUT2D eigenvalue weighted by Crippen LogP contribution is 2.25. The summed E-state index contributed by atoms with van der Waals surface area (Å²) in [7, 11) is -3.71. The average molecular weight is 445 g/mol. The summed E-state index contributed by atoms with van der Waals surface area (Å²) in [5, 5.41) is 3.57. The van der Waals surface area contributed by atoms with Crippen molar-refractivity contribution in [2.45, 2.75) is 19.4 Å². The van der Waals surface area contributed by atoms with Crippen molar-refractivity contribution in [3.63, 3.8) is 0 Å². The molecule has 9 heteroatoms. The number of para-hydroxylation sites is 1. The molecule has 152 valence electrons. The fraction of sp³-hybridized carbons (Fsp3) is 0.316. The van der Waals surface area contributed by atoms with E-state index >= 15 is 0 Å². The lowest BCUT2D eigenvalue weighted by molar-refractivity contribution is -0.122. The van der Waals surface area contributed by atoms with Crippen molar-refractivity contribution in [1.82, 2.24) is 5.32 Å². The van der Waals surface area contributed by atoms with E-state index in [1.807, 2.05) is 0 Å². The maximum atomic E-state index is 12.7. The van der Waals surface area contributed by atoms with Gasteiger partial charge in [0, 0.05) is 5.02 Å². The van der Waals surface area contributed by atoms with Gasteiger partial charge in [0.2, 0.25) is 15.9 Å². The molecule has 0 saturated heterocycles. The second-order valence-corrected chi connectivity index (χ2v) is 8.74. The molecule has 1 atom stereocenters. The summed E-state index contributed by atoms with van der Waals surface area (Å²) in [4.78, 5) is 12.7. The van der Waals surface area contributed by atoms with Gasteiger partial charge in [0.05, 0.1) is 23.5 Å². The largest absolute Gasteiger partial charge is 0.490 e. The molecule has 0 aliphatic carbocycles. The van der Waals surface area contributed by atoms with Crippen LogP contribution in [0, 0.1) is 0 Å². The van der Waals surface area contributed by atoms with E-state index in [2.05, 4.69) is 5.32 Å². The Balaban J connectivity index is 2.06. The molecule has 0 aromatic heterocycles. The Labute approximate surface area is 175 Å². The third-order valence-corrected chi connectivity index (χ3v) is 5.62. The third kappa shape index (κ3) is 6.02. The van der Waals surface area contributed by atoms with Crippen LogP contribution in [0.25, 0.3) is 0 Å². The Morgan fingerprint density at radius 2 is 1.89 bits per heavy atom. The molecule has 0 bridgehead atoms. The summed E-state index contributed by atoms with van der Waals surface area (Å²) in [6.07, 6.45) is 1.35. The summed E-state index contributed by atoms with van der Waals surface area (Å²) in [5.74, 6) is 0.0952. The molecular formula is C19H22Cl2N2O4S. The van der Waals surface area contributed by atoms with Crippen molar-refractivity contribution >= 4 is 44.8 Å². The number of carbonyl (C=O) groups is 1. The number of sulfonamides is 1. The summed E-state index contributed by atoms with van der Waals surface area (Å²) in [5.41, 5.74) is 0.337. The fourth-order valence-electron chi connectivity index (χ4n) is 2.69. The van der Waals surface area contributed by atoms with E-state index in [0.717, 1.165) is 10.6 Å². The molecule has 1 N–H and O–H groups in total. The maximum absolute atomic E-state index is 12.7. The van der Waals surface area contributed by atoms with Crippen molar-refractivity contribution in [2.24, 2.45) is 0 Å². The van der Waals surface area contributed by atoms with Gasteiger partial charge in [-0.15, -0.1) is 0 Å². The average Bonchev–Trinajstić information content (AvgIpc) is 2.63. The molecule has 0 fully saturated rings. The Morgan fingerprint density at radius 1 is 1.18 bits per heavy atom. The van der Waals surface area contributed by atoms with Crippen LogP contribution in [0.15, 0.2) is 48.5 Å². The maximum Gasteiger partial charge on any atom is 0.244 e. The second-order valence-electron chi connectivity index (χ2n) is 6.03. The molecule has 2 aromatic carbocycles. The van der Waals surface area contributed by atoms with Gasteiger partial charge in [-0.2, -0.15) is 0 Å². The first kappa shape index (κ1) is 22.3. The van der Waals surface area contributed by atoms with E-state index in [0.29, 0.717) is 21.5 Å². The molecule has 2 rings (SSSR count). The van der Waals surface area contributed by atoms with Crippen LogP contribution < -0.4 is 14.4 Å². The van der Waals surface area contributed by atoms with Crippen molar-refractivity contribution in [3.8, 4) is 5.75 Å². The van der Waals surface area contributed by atoms with Crippen LogP contribution in [0.1, 0.15) is 13.3 Å². The van der Waals surface area contributed by atoms with Crippen LogP contribution in [0.3, 0.4) is 0 Å². The van der Waals surface area contributed by atoms with Gasteiger partial charge in [-0.1, -0.05) is 48.3 Å². The molecular weight excluding hydrogens is 423 g/mol. The van der Waals surface area contributed by atoms with Gasteiger partial charge in [-0.05, 0) is 36.8 Å². The van der Waals surface area contributed by atoms with Crippen LogP contribution in [0.5, 0.6) is 5.75 Å². The lowest BCUT2D eigenvalue weighted by Crippen LogP contribution is -2.50. The molecule has 1 unspecified atom stereocenters. The van der Waals surface area contributed by atoms with Gasteiger partial charge in [0.1, 0.15) is 18.4 Å². The summed E-state index contributed by atoms with van der Waals surface area (Å²) in [6, 6.07) is 12.5. The second kappa shape index (κ2) is 10.0. The minimum Gasteiger partial charge on any atom is -0.490 e. The van der Waals surface area contributed by atoms with Gasteiger partial charge in [0.25, 0.3) is 0 Å². The monoisotopic (exact) mass is 444 g/mol. The molecule has 1 amide bonds. The predicted octanol–water partition coefficient (Wildman–Crippen LogP) is 3.73. The highest BCUT2D eigenvalue weighted by Gasteiger charge is 2.31. The molecule has 0 saturated carbocycles. The van der Waals surface area contributed by atoms with Crippen LogP contribution in [-0.2, 0) is 14.8 Å². The van der Waals surface area contributed by atoms with Crippen molar-refractivity contribution in [1.29, 1.82) is 0 Å². The SMILES string of the molecule is CCC(C(=O)NCCOc1ccccc1Cl)N(c1cccc(Cl)c1)S(C)(=O)=O. The van der Waals surface area contributed by atoms with Gasteiger partial charge in [-0.25, -0.2) is 8.42 Å². The van der Waals surface area contributed by atoms with E-state index in [1.165, 1.54) is 6.07 Å². The quantitative estimate of drug-likeness (QED) is 0.597. The minimum atomic E-state index is -3.71. The summed E-state index contributed by atoms with van der Waals surface area (Å²) >= 11 is 12.0. The van der Waals surface area contributed by atoms with E-state index in [1.54, 1.807) is 49.4 Å². The number of halogens is 2. The molecule has 0 aliphatic heterocycles. The van der Waals surface area contributed by atoms with Crippen molar-refractivity contribution < 1.29 is 17.9 Å². The van der Waals surface area contributed by atoms with E-state index < -0.39 is 22.0 Å². The highest BCUT2D eigenvalue weighted by molar-refractivity contribution is 7.92. The zero-order chi connectivity index (χ0) is 20.7. The molecule has 28 heavy (non-hydrogen) atoms. The molecule has 6 nitrogen and oxygen atoms in total. The Bertz CT molecular complexity index is 922. The number of nitrogens with zero attached hydrogens (tertiary/aromatic N) is 1. The minimum absolute atomic E-state index is 0.196. The number of hydrogen-bond acceptors (Lipinski definition) is 4. The predicted molar refractivity (Wildman–Crippen MR) is 113 cm³/mol. The molecule has 2 aromatic rings. The third-order valence-electron chi connectivity index (χ3n) is 3.89. The summed E-state index contributed by atoms with van der Waals surface area (Å²) in [6.45, 7) is 2.14. The first-order valence-electron chi connectivity index (χ1n) is 8.64. The molecule has 0 aliphatic rings. The molecule has 0 spiro atoms. The number of ether oxygens (including phenoxy) is 1. The van der Waals surface area contributed by atoms with Crippen molar-refractivity contribution in [2.75, 3.05) is 23.7 Å². The summed E-state index contributed by atoms with van der Waals surface area (Å²) < 4.78 is 31.3. The zero-order valence-corrected chi connectivity index (χ0v) is 17.9. The van der Waals surface area contributed by atoms with Gasteiger partial charge >= 0.3 is 0 Å². The fourth-order valence-corrected chi connectivity index (χ4v) is 4.27. The molecule has 0 heterocycles. The number of carbonyl (C=O) groups excluding carboxylic acids is 1. The van der Waals surface area contributed by atoms with E-state index in [4.69, 9.17) is 27.9 Å². The van der Waals surface area contributed by atoms with Crippen LogP contribution in [-0.4, -0.2) is 39.8 Å². The van der Waals surface area contributed by atoms with Crippen molar-refractivity contribution in [3.05, 3.63) is 58.6 Å². The number of benzene rings is 2. The first-order valence-corrected chi connectivity index (χ1v) is 11.2. The number of rotatable bonds is 9. The van der Waals surface area contributed by atoms with E-state index in [9.17, 15) is 13.2 Å². The highest BCUT2D eigenvalue weighted by atomic mass is 35.5. The van der Waals surface area contributed by atoms with Gasteiger partial charge in [0.15, 0.2) is 0 Å². The van der Waals surface area contributed by atoms with Crippen LogP contribution in [0.2, 0.25) is 10.0 Å². The number of nitrogens with one attached hydrogen (secondary N) is 1. The Kier molecular flexibility index (Phi) is 7.98. The topological polar surface area (TPSA) is 75.7 Å². The molecule has 0 radical (unpaired) electrons. The normalized spacial score (nSPS) is 12.3. The number of anilines is 1. The number of hydrogen-bond donors (Lipinski definition) is 1. The Morgan fingerprint density at radius 3 is 2.50 bits per heavy atom. The van der Waals surface area contributed by atoms with Gasteiger partial charge in [-0.3, -0.25) is 9.10 Å². The Hall–Kier alpha value is -1.96. The van der Waals surface area contributed by atoms with Crippen LogP contribution >= 0.6 is 23.2 Å². The van der Waals surface area contributed by atoms with Gasteiger partial charge < -0.3 is 10.1 Å². The lowest BCUT2D eigenvalue weighted by Gasteiger charge is -2.30. The standard InChI is InChI=1S/C19H22Cl2N2O4S/c1-3-17(23(28(2,25)26)15-8-6-7-14(20)13-15)19(24)22-11-12-27-18-10-5-4-9-16(18)21/h4-10,13,17H,3,11-12H2,1-2H3,(H,22,24). The lowest BCUT2D eigenvalue weighted by atomic mass is 10.2. The number of amides is 1. The first-order chi connectivity index (χ1) is 13.2. The smallest absolute Gasteiger partial charge is 0.244 e.